The van der Waals surface area contributed by atoms with Crippen LogP contribution in [-0.2, 0) is 0 Å². The van der Waals surface area contributed by atoms with Crippen molar-refractivity contribution in [3.8, 4) is 0 Å². The number of nitrogens with zero attached hydrogens (tertiary/aromatic N) is 3. The molecular formula is C14H24N4. The van der Waals surface area contributed by atoms with E-state index in [0.29, 0.717) is 0 Å². The maximum absolute atomic E-state index is 4.57. The van der Waals surface area contributed by atoms with Crippen LogP contribution in [0.1, 0.15) is 31.2 Å². The molecule has 4 nitrogen and oxygen atoms in total. The maximum atomic E-state index is 4.57. The van der Waals surface area contributed by atoms with E-state index in [1.54, 1.807) is 0 Å². The van der Waals surface area contributed by atoms with Gasteiger partial charge in [-0.05, 0) is 58.7 Å². The number of piperidine rings is 1. The van der Waals surface area contributed by atoms with Crippen molar-refractivity contribution in [3.05, 3.63) is 17.5 Å². The van der Waals surface area contributed by atoms with E-state index in [-0.39, 0.29) is 0 Å². The second-order valence-corrected chi connectivity index (χ2v) is 5.20. The smallest absolute Gasteiger partial charge is 0.225 e. The van der Waals surface area contributed by atoms with Crippen LogP contribution >= 0.6 is 0 Å². The molecule has 1 fully saturated rings. The van der Waals surface area contributed by atoms with E-state index < -0.39 is 0 Å². The number of hydrogen-bond acceptors (Lipinski definition) is 4. The molecule has 1 atom stereocenters. The molecule has 1 N–H and O–H groups in total. The molecule has 0 amide bonds. The first-order chi connectivity index (χ1) is 8.69. The maximum Gasteiger partial charge on any atom is 0.225 e. The first-order valence-corrected chi connectivity index (χ1v) is 6.97. The summed E-state index contributed by atoms with van der Waals surface area (Å²) >= 11 is 0. The summed E-state index contributed by atoms with van der Waals surface area (Å²) in [6.07, 6.45) is 2.60. The summed E-state index contributed by atoms with van der Waals surface area (Å²) in [6, 6.07) is 2.03. The lowest BCUT2D eigenvalue weighted by molar-refractivity contribution is 0.376. The molecule has 1 aromatic rings. The third-order valence-electron chi connectivity index (χ3n) is 3.51. The molecule has 1 aromatic heterocycles. The van der Waals surface area contributed by atoms with E-state index in [2.05, 4.69) is 27.1 Å². The second kappa shape index (κ2) is 6.14. The first-order valence-electron chi connectivity index (χ1n) is 6.97. The second-order valence-electron chi connectivity index (χ2n) is 5.20. The average Bonchev–Trinajstić information content (AvgIpc) is 2.36. The van der Waals surface area contributed by atoms with Gasteiger partial charge in [0.1, 0.15) is 0 Å². The third-order valence-corrected chi connectivity index (χ3v) is 3.51. The molecule has 18 heavy (non-hydrogen) atoms. The molecule has 1 saturated heterocycles. The highest BCUT2D eigenvalue weighted by molar-refractivity contribution is 5.32. The van der Waals surface area contributed by atoms with Crippen molar-refractivity contribution >= 4 is 5.95 Å². The van der Waals surface area contributed by atoms with Gasteiger partial charge in [0.25, 0.3) is 0 Å². The van der Waals surface area contributed by atoms with E-state index in [1.807, 2.05) is 19.9 Å². The third kappa shape index (κ3) is 3.42. The zero-order chi connectivity index (χ0) is 13.0. The van der Waals surface area contributed by atoms with Crippen LogP contribution in [0.4, 0.5) is 5.95 Å². The van der Waals surface area contributed by atoms with E-state index >= 15 is 0 Å². The summed E-state index contributed by atoms with van der Waals surface area (Å²) in [7, 11) is 0. The topological polar surface area (TPSA) is 41.0 Å². The lowest BCUT2D eigenvalue weighted by atomic mass is 9.99. The summed E-state index contributed by atoms with van der Waals surface area (Å²) < 4.78 is 0. The fourth-order valence-electron chi connectivity index (χ4n) is 2.59. The number of rotatable bonds is 4. The van der Waals surface area contributed by atoms with Gasteiger partial charge in [0.15, 0.2) is 0 Å². The van der Waals surface area contributed by atoms with Crippen LogP contribution in [0.15, 0.2) is 6.07 Å². The fraction of sp³-hybridized carbons (Fsp3) is 0.714. The molecule has 1 aliphatic heterocycles. The number of hydrogen-bond donors (Lipinski definition) is 1. The number of anilines is 1. The molecule has 0 aromatic carbocycles. The standard InChI is InChI=1S/C14H24N4/c1-4-18(10-13-6-5-7-15-9-13)14-16-11(2)8-12(3)17-14/h8,13,15H,4-7,9-10H2,1-3H3. The zero-order valence-corrected chi connectivity index (χ0v) is 11.7. The van der Waals surface area contributed by atoms with Gasteiger partial charge in [-0.3, -0.25) is 0 Å². The molecule has 4 heteroatoms. The van der Waals surface area contributed by atoms with E-state index in [4.69, 9.17) is 0 Å². The largest absolute Gasteiger partial charge is 0.341 e. The van der Waals surface area contributed by atoms with Crippen LogP contribution in [0.3, 0.4) is 0 Å². The molecule has 1 aliphatic rings. The van der Waals surface area contributed by atoms with Crippen LogP contribution in [0.5, 0.6) is 0 Å². The van der Waals surface area contributed by atoms with Crippen LogP contribution in [0.2, 0.25) is 0 Å². The molecule has 100 valence electrons. The van der Waals surface area contributed by atoms with Crippen molar-refractivity contribution in [2.75, 3.05) is 31.1 Å². The Morgan fingerprint density at radius 3 is 2.61 bits per heavy atom. The minimum Gasteiger partial charge on any atom is -0.341 e. The summed E-state index contributed by atoms with van der Waals surface area (Å²) in [6.45, 7) is 10.6. The Kier molecular flexibility index (Phi) is 4.53. The van der Waals surface area contributed by atoms with Gasteiger partial charge < -0.3 is 10.2 Å². The molecule has 1 unspecified atom stereocenters. The van der Waals surface area contributed by atoms with Crippen LogP contribution in [-0.4, -0.2) is 36.1 Å². The highest BCUT2D eigenvalue weighted by Gasteiger charge is 2.18. The summed E-state index contributed by atoms with van der Waals surface area (Å²) in [5.74, 6) is 1.61. The minimum absolute atomic E-state index is 0.725. The van der Waals surface area contributed by atoms with Crippen molar-refractivity contribution in [2.24, 2.45) is 5.92 Å². The lowest BCUT2D eigenvalue weighted by Gasteiger charge is -2.29. The van der Waals surface area contributed by atoms with Crippen molar-refractivity contribution < 1.29 is 0 Å². The SMILES string of the molecule is CCN(CC1CCCNC1)c1nc(C)cc(C)n1. The molecule has 0 aliphatic carbocycles. The fourth-order valence-corrected chi connectivity index (χ4v) is 2.59. The average molecular weight is 248 g/mol. The van der Waals surface area contributed by atoms with Crippen molar-refractivity contribution in [3.63, 3.8) is 0 Å². The Labute approximate surface area is 110 Å². The van der Waals surface area contributed by atoms with Crippen molar-refractivity contribution in [1.82, 2.24) is 15.3 Å². The molecule has 0 radical (unpaired) electrons. The van der Waals surface area contributed by atoms with Gasteiger partial charge in [0.2, 0.25) is 5.95 Å². The van der Waals surface area contributed by atoms with Crippen LogP contribution < -0.4 is 10.2 Å². The molecule has 2 rings (SSSR count). The summed E-state index contributed by atoms with van der Waals surface area (Å²) in [4.78, 5) is 11.4. The van der Waals surface area contributed by atoms with Crippen molar-refractivity contribution in [1.29, 1.82) is 0 Å². The minimum atomic E-state index is 0.725. The van der Waals surface area contributed by atoms with E-state index in [1.165, 1.54) is 19.4 Å². The van der Waals surface area contributed by atoms with E-state index in [9.17, 15) is 0 Å². The Bertz CT molecular complexity index is 365. The lowest BCUT2D eigenvalue weighted by Crippen LogP contribution is -2.39. The molecular weight excluding hydrogens is 224 g/mol. The molecule has 0 spiro atoms. The van der Waals surface area contributed by atoms with Crippen LogP contribution in [0.25, 0.3) is 0 Å². The Hall–Kier alpha value is -1.16. The van der Waals surface area contributed by atoms with Gasteiger partial charge in [0, 0.05) is 24.5 Å². The number of aryl methyl sites for hydroxylation is 2. The summed E-state index contributed by atoms with van der Waals surface area (Å²) in [5, 5.41) is 3.47. The molecule has 0 saturated carbocycles. The normalized spacial score (nSPS) is 19.8. The number of aromatic nitrogens is 2. The predicted molar refractivity (Wildman–Crippen MR) is 75.0 cm³/mol. The van der Waals surface area contributed by atoms with Gasteiger partial charge in [-0.1, -0.05) is 0 Å². The Morgan fingerprint density at radius 2 is 2.06 bits per heavy atom. The van der Waals surface area contributed by atoms with Gasteiger partial charge in [-0.2, -0.15) is 0 Å². The van der Waals surface area contributed by atoms with Gasteiger partial charge in [-0.25, -0.2) is 9.97 Å². The van der Waals surface area contributed by atoms with E-state index in [0.717, 1.165) is 42.9 Å². The highest BCUT2D eigenvalue weighted by atomic mass is 15.2. The van der Waals surface area contributed by atoms with Gasteiger partial charge >= 0.3 is 0 Å². The Balaban J connectivity index is 2.06. The van der Waals surface area contributed by atoms with Gasteiger partial charge in [-0.15, -0.1) is 0 Å². The molecule has 0 bridgehead atoms. The predicted octanol–water partition coefficient (Wildman–Crippen LogP) is 1.92. The highest BCUT2D eigenvalue weighted by Crippen LogP contribution is 2.16. The van der Waals surface area contributed by atoms with Gasteiger partial charge in [0.05, 0.1) is 0 Å². The summed E-state index contributed by atoms with van der Waals surface area (Å²) in [5.41, 5.74) is 2.11. The van der Waals surface area contributed by atoms with Crippen LogP contribution in [0, 0.1) is 19.8 Å². The number of nitrogens with one attached hydrogen (secondary N) is 1. The monoisotopic (exact) mass is 248 g/mol. The molecule has 2 heterocycles. The quantitative estimate of drug-likeness (QED) is 0.884. The Morgan fingerprint density at radius 1 is 1.33 bits per heavy atom. The zero-order valence-electron chi connectivity index (χ0n) is 11.7. The van der Waals surface area contributed by atoms with Crippen molar-refractivity contribution in [2.45, 2.75) is 33.6 Å². The first kappa shape index (κ1) is 13.3.